The smallest absolute Gasteiger partial charge is 0.0619 e. The molecule has 2 heterocycles. The van der Waals surface area contributed by atoms with Gasteiger partial charge in [0, 0.05) is 54.4 Å². The summed E-state index contributed by atoms with van der Waals surface area (Å²) in [6.07, 6.45) is 12.5. The van der Waals surface area contributed by atoms with Crippen LogP contribution in [0.25, 0.3) is 155 Å². The largest absolute Gasteiger partial charge is 0.308 e. The molecule has 94 heavy (non-hydrogen) atoms. The first-order valence-electron chi connectivity index (χ1n) is 33.2. The predicted molar refractivity (Wildman–Crippen MR) is 403 cm³/mol. The average Bonchev–Trinajstić information content (AvgIpc) is 1.38. The van der Waals surface area contributed by atoms with Crippen molar-refractivity contribution in [1.29, 1.82) is 0 Å². The molecule has 1 atom stereocenters. The topological polar surface area (TPSA) is 9.86 Å². The van der Waals surface area contributed by atoms with Crippen molar-refractivity contribution in [2.45, 2.75) is 49.8 Å². The van der Waals surface area contributed by atoms with Gasteiger partial charge in [0.15, 0.2) is 0 Å². The van der Waals surface area contributed by atoms with Crippen molar-refractivity contribution >= 4 is 89.8 Å². The molecule has 0 radical (unpaired) electrons. The van der Waals surface area contributed by atoms with E-state index in [2.05, 4.69) is 332 Å². The maximum Gasteiger partial charge on any atom is 0.0619 e. The lowest BCUT2D eigenvalue weighted by atomic mass is 9.79. The summed E-state index contributed by atoms with van der Waals surface area (Å²) in [5, 5.41) is 11.1. The van der Waals surface area contributed by atoms with E-state index in [0.29, 0.717) is 0 Å². The molecule has 0 saturated heterocycles. The van der Waals surface area contributed by atoms with Gasteiger partial charge in [-0.05, 0) is 185 Å². The molecule has 2 aliphatic carbocycles. The second-order valence-corrected chi connectivity index (χ2v) is 26.5. The molecule has 18 rings (SSSR count). The Morgan fingerprint density at radius 1 is 0.362 bits per heavy atom. The van der Waals surface area contributed by atoms with Gasteiger partial charge in [0.2, 0.25) is 0 Å². The highest BCUT2D eigenvalue weighted by molar-refractivity contribution is 7.80. The lowest BCUT2D eigenvalue weighted by Crippen LogP contribution is -2.08. The summed E-state index contributed by atoms with van der Waals surface area (Å²) >= 11 is 5.52. The minimum Gasteiger partial charge on any atom is -0.308 e. The molecule has 2 aliphatic rings. The van der Waals surface area contributed by atoms with E-state index in [1.54, 1.807) is 0 Å². The number of aromatic nitrogens is 2. The summed E-state index contributed by atoms with van der Waals surface area (Å²) in [6.45, 7) is 4.70. The van der Waals surface area contributed by atoms with E-state index >= 15 is 0 Å². The first kappa shape index (κ1) is 55.8. The highest BCUT2D eigenvalue weighted by atomic mass is 32.1. The molecule has 0 bridgehead atoms. The fourth-order valence-corrected chi connectivity index (χ4v) is 16.4. The van der Waals surface area contributed by atoms with Crippen LogP contribution in [-0.4, -0.2) is 9.13 Å². The summed E-state index contributed by atoms with van der Waals surface area (Å²) < 4.78 is 5.18. The number of thiol groups is 1. The fraction of sp³-hybridized carbons (Fsp3) is 0.0769. The van der Waals surface area contributed by atoms with Gasteiger partial charge in [0.1, 0.15) is 0 Å². The van der Waals surface area contributed by atoms with Crippen LogP contribution in [0.4, 0.5) is 0 Å². The molecule has 0 saturated carbocycles. The standard InChI is InChI=1S/C91H66N2S/c1-57(2)67-40-23-41-76(89-70-34-17-21-38-74(70)91(75-39-22-18-35-71(75)89)93-84-49-44-64(60-28-11-5-12-29-60)54-79(84)80-55-65(45-50-85(80)93)61-30-13-6-14-31-61)88(67)81-56-66(46-51-86(81)94)87-68-32-15-19-36-72(68)90(73-37-20-16-33-69(73)87)92-82-47-42-62(58-24-7-3-8-25-58)52-77(82)78-53-63(43-48-83(78)92)59-26-9-4-10-27-59/h3-17,19-34,36-52,54-57,63,94H,18,35,53H2,1-2H3. The highest BCUT2D eigenvalue weighted by Gasteiger charge is 2.30. The van der Waals surface area contributed by atoms with E-state index in [1.165, 1.54) is 166 Å². The van der Waals surface area contributed by atoms with E-state index in [9.17, 15) is 0 Å². The van der Waals surface area contributed by atoms with E-state index in [1.807, 2.05) is 0 Å². The van der Waals surface area contributed by atoms with Gasteiger partial charge in [-0.1, -0.05) is 269 Å². The number of nitrogens with zero attached hydrogens (tertiary/aromatic N) is 2. The molecule has 16 aromatic rings. The first-order chi connectivity index (χ1) is 46.4. The van der Waals surface area contributed by atoms with Crippen LogP contribution in [0.1, 0.15) is 65.6 Å². The SMILES string of the molecule is CC(C)c1cccc(-c2c3c(c(-n4c5ccc(-c6ccccc6)cc5c5cc(-c6ccccc6)ccc54)c4ccccc24)C=CCC3)c1-c1cc(-c2c3ccccc3c(-n3c4c(c5cc(-c6ccccc6)ccc53)CC(c3ccccc3)C=C4)c3ccccc23)ccc1S. The average molecular weight is 1220 g/mol. The van der Waals surface area contributed by atoms with Gasteiger partial charge in [-0.25, -0.2) is 0 Å². The number of hydrogen-bond donors (Lipinski definition) is 1. The third kappa shape index (κ3) is 9.01. The van der Waals surface area contributed by atoms with Gasteiger partial charge < -0.3 is 9.13 Å². The Bertz CT molecular complexity index is 5630. The number of fused-ring (bicyclic) bond motifs is 10. The van der Waals surface area contributed by atoms with E-state index in [4.69, 9.17) is 12.6 Å². The Hall–Kier alpha value is -11.0. The Kier molecular flexibility index (Phi) is 13.5. The normalized spacial score (nSPS) is 13.7. The van der Waals surface area contributed by atoms with Crippen molar-refractivity contribution in [2.24, 2.45) is 0 Å². The Balaban J connectivity index is 0.845. The molecule has 0 spiro atoms. The van der Waals surface area contributed by atoms with Crippen LogP contribution in [0.3, 0.4) is 0 Å². The number of benzene rings is 14. The summed E-state index contributed by atoms with van der Waals surface area (Å²) in [5.41, 5.74) is 28.6. The Morgan fingerprint density at radius 3 is 1.41 bits per heavy atom. The van der Waals surface area contributed by atoms with Crippen molar-refractivity contribution in [2.75, 3.05) is 0 Å². The molecule has 2 nitrogen and oxygen atoms in total. The van der Waals surface area contributed by atoms with E-state index in [0.717, 1.165) is 35.3 Å². The van der Waals surface area contributed by atoms with Crippen LogP contribution in [0.2, 0.25) is 0 Å². The van der Waals surface area contributed by atoms with Crippen molar-refractivity contribution in [3.05, 3.63) is 331 Å². The fourth-order valence-electron chi connectivity index (χ4n) is 16.1. The second kappa shape index (κ2) is 22.7. The lowest BCUT2D eigenvalue weighted by Gasteiger charge is -2.27. The maximum absolute atomic E-state index is 5.52. The summed E-state index contributed by atoms with van der Waals surface area (Å²) in [4.78, 5) is 0.953. The molecule has 0 aliphatic heterocycles. The van der Waals surface area contributed by atoms with Crippen LogP contribution in [-0.2, 0) is 12.8 Å². The first-order valence-corrected chi connectivity index (χ1v) is 33.7. The molecule has 1 unspecified atom stereocenters. The lowest BCUT2D eigenvalue weighted by molar-refractivity contribution is 0.826. The second-order valence-electron chi connectivity index (χ2n) is 26.0. The van der Waals surface area contributed by atoms with E-state index in [-0.39, 0.29) is 11.8 Å². The summed E-state index contributed by atoms with van der Waals surface area (Å²) in [5.74, 6) is 0.487. The van der Waals surface area contributed by atoms with Crippen molar-refractivity contribution < 1.29 is 0 Å². The third-order valence-corrected chi connectivity index (χ3v) is 20.8. The zero-order valence-corrected chi connectivity index (χ0v) is 53.5. The minimum atomic E-state index is 0.218. The number of allylic oxidation sites excluding steroid dienone is 2. The predicted octanol–water partition coefficient (Wildman–Crippen LogP) is 24.9. The quantitative estimate of drug-likeness (QED) is 0.103. The van der Waals surface area contributed by atoms with Crippen LogP contribution < -0.4 is 0 Å². The van der Waals surface area contributed by atoms with Crippen molar-refractivity contribution in [3.8, 4) is 78.1 Å². The van der Waals surface area contributed by atoms with Gasteiger partial charge in [0.25, 0.3) is 0 Å². The van der Waals surface area contributed by atoms with Crippen LogP contribution >= 0.6 is 12.6 Å². The van der Waals surface area contributed by atoms with Crippen LogP contribution in [0.5, 0.6) is 0 Å². The van der Waals surface area contributed by atoms with E-state index < -0.39 is 0 Å². The van der Waals surface area contributed by atoms with Crippen molar-refractivity contribution in [3.63, 3.8) is 0 Å². The Labute approximate surface area is 554 Å². The molecule has 0 N–H and O–H groups in total. The number of hydrogen-bond acceptors (Lipinski definition) is 1. The maximum atomic E-state index is 5.52. The third-order valence-electron chi connectivity index (χ3n) is 20.4. The Morgan fingerprint density at radius 2 is 0.851 bits per heavy atom. The zero-order chi connectivity index (χ0) is 62.5. The van der Waals surface area contributed by atoms with Gasteiger partial charge >= 0.3 is 0 Å². The molecule has 14 aromatic carbocycles. The molecule has 0 fully saturated rings. The summed E-state index contributed by atoms with van der Waals surface area (Å²) in [6, 6.07) is 106. The molecule has 3 heteroatoms. The van der Waals surface area contributed by atoms with Gasteiger partial charge in [-0.2, -0.15) is 0 Å². The van der Waals surface area contributed by atoms with Gasteiger partial charge in [-0.3, -0.25) is 0 Å². The minimum absolute atomic E-state index is 0.218. The molecule has 446 valence electrons. The summed E-state index contributed by atoms with van der Waals surface area (Å²) in [7, 11) is 0. The zero-order valence-electron chi connectivity index (χ0n) is 52.6. The van der Waals surface area contributed by atoms with Crippen LogP contribution in [0.15, 0.2) is 302 Å². The monoisotopic (exact) mass is 1220 g/mol. The number of rotatable bonds is 10. The van der Waals surface area contributed by atoms with Crippen LogP contribution in [0, 0.1) is 0 Å². The van der Waals surface area contributed by atoms with Gasteiger partial charge in [-0.15, -0.1) is 12.6 Å². The molecule has 2 aromatic heterocycles. The highest BCUT2D eigenvalue weighted by Crippen LogP contribution is 2.52. The van der Waals surface area contributed by atoms with Gasteiger partial charge in [0.05, 0.1) is 27.9 Å². The molecule has 0 amide bonds. The molecular formula is C91H66N2S. The van der Waals surface area contributed by atoms with Crippen molar-refractivity contribution in [1.82, 2.24) is 9.13 Å². The molecular weight excluding hydrogens is 1150 g/mol.